The first-order valence-corrected chi connectivity index (χ1v) is 8.84. The van der Waals surface area contributed by atoms with Gasteiger partial charge in [-0.05, 0) is 36.2 Å². The van der Waals surface area contributed by atoms with Crippen LogP contribution in [0.15, 0.2) is 67.0 Å². The van der Waals surface area contributed by atoms with Crippen LogP contribution in [-0.2, 0) is 6.42 Å². The predicted molar refractivity (Wildman–Crippen MR) is 103 cm³/mol. The van der Waals surface area contributed by atoms with Crippen LogP contribution in [0.5, 0.6) is 0 Å². The first-order valence-electron chi connectivity index (χ1n) is 8.84. The minimum Gasteiger partial charge on any atom is -0.354 e. The van der Waals surface area contributed by atoms with Crippen molar-refractivity contribution in [1.29, 1.82) is 0 Å². The highest BCUT2D eigenvalue weighted by Gasteiger charge is 2.29. The van der Waals surface area contributed by atoms with E-state index in [0.29, 0.717) is 13.0 Å². The van der Waals surface area contributed by atoms with Gasteiger partial charge in [0.1, 0.15) is 5.82 Å². The molecule has 0 fully saturated rings. The zero-order chi connectivity index (χ0) is 18.4. The van der Waals surface area contributed by atoms with Crippen LogP contribution in [0.25, 0.3) is 22.2 Å². The third-order valence-corrected chi connectivity index (χ3v) is 5.08. The Morgan fingerprint density at radius 2 is 1.89 bits per heavy atom. The Hall–Kier alpha value is -3.47. The number of halogens is 1. The van der Waals surface area contributed by atoms with Crippen LogP contribution in [0, 0.1) is 5.82 Å². The van der Waals surface area contributed by atoms with Gasteiger partial charge in [0.05, 0.1) is 17.4 Å². The Balaban J connectivity index is 1.58. The summed E-state index contributed by atoms with van der Waals surface area (Å²) in [5, 5.41) is 1.13. The fourth-order valence-corrected chi connectivity index (χ4v) is 3.76. The second-order valence-corrected chi connectivity index (χ2v) is 6.64. The number of benzene rings is 2. The number of aromatic nitrogens is 2. The molecule has 0 unspecified atom stereocenters. The molecule has 5 rings (SSSR count). The number of nitrogens with one attached hydrogen (secondary N) is 1. The minimum absolute atomic E-state index is 0.0846. The Kier molecular flexibility index (Phi) is 3.53. The van der Waals surface area contributed by atoms with E-state index in [-0.39, 0.29) is 11.5 Å². The van der Waals surface area contributed by atoms with Gasteiger partial charge in [0, 0.05) is 34.9 Å². The number of carbonyl (C=O) groups excluding carboxylic acids is 1. The molecule has 27 heavy (non-hydrogen) atoms. The van der Waals surface area contributed by atoms with Crippen molar-refractivity contribution in [2.45, 2.75) is 6.42 Å². The molecule has 1 aliphatic rings. The molecule has 0 aliphatic carbocycles. The van der Waals surface area contributed by atoms with E-state index in [2.05, 4.69) is 22.1 Å². The first-order chi connectivity index (χ1) is 13.2. The van der Waals surface area contributed by atoms with Gasteiger partial charge >= 0.3 is 0 Å². The second-order valence-electron chi connectivity index (χ2n) is 6.64. The van der Waals surface area contributed by atoms with Gasteiger partial charge in [0.2, 0.25) is 0 Å². The molecule has 2 aromatic heterocycles. The molecule has 5 heteroatoms. The zero-order valence-corrected chi connectivity index (χ0v) is 14.4. The maximum atomic E-state index is 14.1. The number of carbonyl (C=O) groups is 1. The molecule has 0 radical (unpaired) electrons. The van der Waals surface area contributed by atoms with Crippen molar-refractivity contribution in [3.05, 3.63) is 83.9 Å². The van der Waals surface area contributed by atoms with Gasteiger partial charge in [0.25, 0.3) is 5.91 Å². The maximum Gasteiger partial charge on any atom is 0.261 e. The van der Waals surface area contributed by atoms with E-state index < -0.39 is 5.82 Å². The number of nitrogens with zero attached hydrogens (tertiary/aromatic N) is 2. The van der Waals surface area contributed by atoms with Crippen LogP contribution < -0.4 is 4.90 Å². The number of fused-ring (bicyclic) bond motifs is 2. The van der Waals surface area contributed by atoms with E-state index in [1.807, 2.05) is 24.4 Å². The van der Waals surface area contributed by atoms with Gasteiger partial charge in [-0.2, -0.15) is 0 Å². The molecule has 1 amide bonds. The summed E-state index contributed by atoms with van der Waals surface area (Å²) in [5.74, 6) is -0.835. The molecule has 3 heterocycles. The van der Waals surface area contributed by atoms with Crippen LogP contribution in [0.4, 0.5) is 10.1 Å². The number of hydrogen-bond donors (Lipinski definition) is 1. The number of H-pyrrole nitrogens is 1. The van der Waals surface area contributed by atoms with Crippen molar-refractivity contribution in [2.75, 3.05) is 11.4 Å². The van der Waals surface area contributed by atoms with Crippen molar-refractivity contribution in [3.8, 4) is 11.3 Å². The highest BCUT2D eigenvalue weighted by atomic mass is 19.1. The van der Waals surface area contributed by atoms with Gasteiger partial charge < -0.3 is 9.88 Å². The van der Waals surface area contributed by atoms with Crippen LogP contribution in [-0.4, -0.2) is 22.4 Å². The number of amides is 1. The summed E-state index contributed by atoms with van der Waals surface area (Å²) in [6.45, 7) is 0.515. The van der Waals surface area contributed by atoms with Crippen molar-refractivity contribution in [3.63, 3.8) is 0 Å². The largest absolute Gasteiger partial charge is 0.354 e. The molecule has 0 saturated heterocycles. The first kappa shape index (κ1) is 15.8. The van der Waals surface area contributed by atoms with E-state index in [0.717, 1.165) is 33.4 Å². The second kappa shape index (κ2) is 6.06. The lowest BCUT2D eigenvalue weighted by molar-refractivity contribution is 0.0985. The average molecular weight is 357 g/mol. The van der Waals surface area contributed by atoms with Crippen LogP contribution in [0.2, 0.25) is 0 Å². The predicted octanol–water partition coefficient (Wildman–Crippen LogP) is 4.57. The lowest BCUT2D eigenvalue weighted by Gasteiger charge is -2.17. The van der Waals surface area contributed by atoms with Gasteiger partial charge in [-0.3, -0.25) is 9.78 Å². The summed E-state index contributed by atoms with van der Waals surface area (Å²) < 4.78 is 14.1. The number of para-hydroxylation sites is 1. The Morgan fingerprint density at radius 3 is 2.74 bits per heavy atom. The molecule has 0 saturated carbocycles. The Morgan fingerprint density at radius 1 is 1.07 bits per heavy atom. The van der Waals surface area contributed by atoms with Crippen LogP contribution in [0.3, 0.4) is 0 Å². The highest BCUT2D eigenvalue weighted by molar-refractivity contribution is 6.08. The van der Waals surface area contributed by atoms with E-state index in [4.69, 9.17) is 0 Å². The summed E-state index contributed by atoms with van der Waals surface area (Å²) in [6.07, 6.45) is 4.22. The monoisotopic (exact) mass is 357 g/mol. The summed E-state index contributed by atoms with van der Waals surface area (Å²) in [7, 11) is 0. The smallest absolute Gasteiger partial charge is 0.261 e. The molecule has 2 aromatic carbocycles. The summed E-state index contributed by atoms with van der Waals surface area (Å²) in [5.41, 5.74) is 4.90. The van der Waals surface area contributed by atoms with E-state index in [1.165, 1.54) is 12.1 Å². The molecule has 4 aromatic rings. The van der Waals surface area contributed by atoms with E-state index >= 15 is 0 Å². The summed E-state index contributed by atoms with van der Waals surface area (Å²) in [4.78, 5) is 22.3. The normalized spacial score (nSPS) is 13.1. The molecule has 1 N–H and O–H groups in total. The topological polar surface area (TPSA) is 49.0 Å². The number of rotatable bonds is 2. The quantitative estimate of drug-likeness (QED) is 0.571. The average Bonchev–Trinajstić information content (AvgIpc) is 3.32. The van der Waals surface area contributed by atoms with E-state index in [9.17, 15) is 9.18 Å². The van der Waals surface area contributed by atoms with Gasteiger partial charge in [-0.15, -0.1) is 0 Å². The van der Waals surface area contributed by atoms with Gasteiger partial charge in [-0.1, -0.05) is 30.3 Å². The van der Waals surface area contributed by atoms with Crippen LogP contribution >= 0.6 is 0 Å². The van der Waals surface area contributed by atoms with Gasteiger partial charge in [-0.25, -0.2) is 4.39 Å². The molecule has 0 spiro atoms. The molecule has 4 nitrogen and oxygen atoms in total. The minimum atomic E-state index is -0.504. The van der Waals surface area contributed by atoms with Crippen LogP contribution in [0.1, 0.15) is 15.9 Å². The Labute approximate surface area is 155 Å². The standard InChI is InChI=1S/C22H16FN3O/c23-18-7-3-2-6-16(18)22(27)26-10-9-15-17(12-24-13-21(15)26)20-11-14-5-1-4-8-19(14)25-20/h1-8,11-13,25H,9-10H2. The number of pyridine rings is 1. The third kappa shape index (κ3) is 2.51. The van der Waals surface area contributed by atoms with E-state index in [1.54, 1.807) is 23.2 Å². The third-order valence-electron chi connectivity index (χ3n) is 5.08. The van der Waals surface area contributed by atoms with Crippen molar-refractivity contribution in [2.24, 2.45) is 0 Å². The molecule has 0 atom stereocenters. The van der Waals surface area contributed by atoms with Gasteiger partial charge in [0.15, 0.2) is 0 Å². The summed E-state index contributed by atoms with van der Waals surface area (Å²) in [6, 6.07) is 16.3. The fourth-order valence-electron chi connectivity index (χ4n) is 3.76. The number of anilines is 1. The molecular weight excluding hydrogens is 341 g/mol. The molecule has 1 aliphatic heterocycles. The molecular formula is C22H16FN3O. The highest BCUT2D eigenvalue weighted by Crippen LogP contribution is 2.36. The molecule has 0 bridgehead atoms. The fraction of sp³-hybridized carbons (Fsp3) is 0.0909. The lowest BCUT2D eigenvalue weighted by Crippen LogP contribution is -2.29. The number of hydrogen-bond acceptors (Lipinski definition) is 2. The zero-order valence-electron chi connectivity index (χ0n) is 14.4. The summed E-state index contributed by atoms with van der Waals surface area (Å²) >= 11 is 0. The Bertz CT molecular complexity index is 1150. The SMILES string of the molecule is O=C(c1ccccc1F)N1CCc2c(-c3cc4ccccc4[nH]3)cncc21. The maximum absolute atomic E-state index is 14.1. The molecule has 132 valence electrons. The van der Waals surface area contributed by atoms with Crippen molar-refractivity contribution < 1.29 is 9.18 Å². The van der Waals surface area contributed by atoms with Crippen molar-refractivity contribution in [1.82, 2.24) is 9.97 Å². The lowest BCUT2D eigenvalue weighted by atomic mass is 10.1. The number of aromatic amines is 1. The van der Waals surface area contributed by atoms with Crippen molar-refractivity contribution >= 4 is 22.5 Å².